The second-order valence-electron chi connectivity index (χ2n) is 11.1. The second-order valence-corrected chi connectivity index (χ2v) is 11.1. The van der Waals surface area contributed by atoms with Gasteiger partial charge in [-0.15, -0.1) is 0 Å². The topological polar surface area (TPSA) is 36.9 Å². The van der Waals surface area contributed by atoms with E-state index in [4.69, 9.17) is 18.9 Å². The van der Waals surface area contributed by atoms with E-state index in [0.29, 0.717) is 0 Å². The number of hydrogen-bond acceptors (Lipinski definition) is 4. The lowest BCUT2D eigenvalue weighted by atomic mass is 9.96. The molecule has 0 atom stereocenters. The third kappa shape index (κ3) is 7.52. The Labute approximate surface area is 274 Å². The Morgan fingerprint density at radius 3 is 0.696 bits per heavy atom. The van der Waals surface area contributed by atoms with Crippen molar-refractivity contribution in [1.29, 1.82) is 0 Å². The van der Waals surface area contributed by atoms with Crippen molar-refractivity contribution in [2.45, 2.75) is 27.7 Å². The molecule has 0 aliphatic heterocycles. The summed E-state index contributed by atoms with van der Waals surface area (Å²) in [5.41, 5.74) is 13.1. The Morgan fingerprint density at radius 1 is 0.348 bits per heavy atom. The maximum Gasteiger partial charge on any atom is 0.120 e. The molecule has 0 aliphatic rings. The molecular formula is C42H44O4. The molecule has 0 aliphatic carbocycles. The van der Waals surface area contributed by atoms with Gasteiger partial charge in [0.1, 0.15) is 23.0 Å². The Bertz CT molecular complexity index is 1720. The zero-order valence-corrected chi connectivity index (χ0v) is 28.3. The summed E-state index contributed by atoms with van der Waals surface area (Å²) in [6.07, 6.45) is 16.5. The zero-order valence-electron chi connectivity index (χ0n) is 28.3. The summed E-state index contributed by atoms with van der Waals surface area (Å²) in [6.45, 7) is 16.4. The van der Waals surface area contributed by atoms with Gasteiger partial charge >= 0.3 is 0 Å². The fourth-order valence-electron chi connectivity index (χ4n) is 5.40. The van der Waals surface area contributed by atoms with E-state index in [1.54, 1.807) is 28.4 Å². The fourth-order valence-corrected chi connectivity index (χ4v) is 5.40. The van der Waals surface area contributed by atoms with Crippen molar-refractivity contribution in [2.75, 3.05) is 28.4 Å². The van der Waals surface area contributed by atoms with Crippen LogP contribution in [0, 0.1) is 27.7 Å². The van der Waals surface area contributed by atoms with Crippen LogP contribution in [-0.2, 0) is 0 Å². The van der Waals surface area contributed by atoms with Gasteiger partial charge in [-0.1, -0.05) is 61.8 Å². The second kappa shape index (κ2) is 15.2. The third-order valence-electron chi connectivity index (χ3n) is 8.56. The van der Waals surface area contributed by atoms with Gasteiger partial charge in [0.25, 0.3) is 0 Å². The highest BCUT2D eigenvalue weighted by Crippen LogP contribution is 2.31. The molecule has 0 bridgehead atoms. The Balaban J connectivity index is 1.73. The van der Waals surface area contributed by atoms with Crippen molar-refractivity contribution >= 4 is 48.6 Å². The average Bonchev–Trinajstić information content (AvgIpc) is 3.08. The van der Waals surface area contributed by atoms with Crippen LogP contribution in [0.2, 0.25) is 0 Å². The number of benzene rings is 4. The minimum atomic E-state index is 0.789. The van der Waals surface area contributed by atoms with E-state index in [-0.39, 0.29) is 0 Å². The molecule has 4 aromatic rings. The van der Waals surface area contributed by atoms with Crippen LogP contribution in [0.4, 0.5) is 0 Å². The van der Waals surface area contributed by atoms with E-state index < -0.39 is 0 Å². The van der Waals surface area contributed by atoms with Crippen LogP contribution in [0.3, 0.4) is 0 Å². The van der Waals surface area contributed by atoms with Crippen molar-refractivity contribution < 1.29 is 18.9 Å². The number of methoxy groups -OCH3 is 4. The number of hydrogen-bond donors (Lipinski definition) is 0. The highest BCUT2D eigenvalue weighted by molar-refractivity contribution is 5.82. The molecule has 0 amide bonds. The molecule has 0 spiro atoms. The minimum Gasteiger partial charge on any atom is -0.497 e. The van der Waals surface area contributed by atoms with Crippen LogP contribution in [0.25, 0.3) is 48.6 Å². The Morgan fingerprint density at radius 2 is 0.522 bits per heavy atom. The highest BCUT2D eigenvalue weighted by Gasteiger charge is 2.10. The van der Waals surface area contributed by atoms with Crippen LogP contribution in [0.1, 0.15) is 66.8 Å². The lowest BCUT2D eigenvalue weighted by Crippen LogP contribution is -1.93. The monoisotopic (exact) mass is 612 g/mol. The van der Waals surface area contributed by atoms with E-state index in [1.807, 2.05) is 36.4 Å². The van der Waals surface area contributed by atoms with Gasteiger partial charge in [-0.3, -0.25) is 0 Å². The van der Waals surface area contributed by atoms with Crippen LogP contribution in [-0.4, -0.2) is 28.4 Å². The first-order chi connectivity index (χ1) is 22.1. The zero-order chi connectivity index (χ0) is 33.4. The molecule has 0 N–H and O–H groups in total. The molecule has 46 heavy (non-hydrogen) atoms. The van der Waals surface area contributed by atoms with Gasteiger partial charge in [-0.25, -0.2) is 0 Å². The first-order valence-electron chi connectivity index (χ1n) is 15.2. The largest absolute Gasteiger partial charge is 0.497 e. The van der Waals surface area contributed by atoms with Crippen LogP contribution < -0.4 is 18.9 Å². The molecule has 4 aromatic carbocycles. The normalized spacial score (nSPS) is 11.4. The van der Waals surface area contributed by atoms with Gasteiger partial charge in [0.05, 0.1) is 28.4 Å². The van der Waals surface area contributed by atoms with Crippen molar-refractivity contribution in [1.82, 2.24) is 0 Å². The van der Waals surface area contributed by atoms with Gasteiger partial charge in [0.2, 0.25) is 0 Å². The molecule has 0 unspecified atom stereocenters. The van der Waals surface area contributed by atoms with Crippen LogP contribution in [0.15, 0.2) is 61.7 Å². The Kier molecular flexibility index (Phi) is 11.1. The molecule has 4 rings (SSSR count). The van der Waals surface area contributed by atoms with Gasteiger partial charge in [0, 0.05) is 0 Å². The SMILES string of the molecule is C=Cc1cc(OC)cc(/C=C/c2cc(OC)cc(/C=C/c3cc(OC)cc(/C=C/c4cc(OC)cc(C=C)c4C)c3C)c2C)c1C. The minimum absolute atomic E-state index is 0.789. The van der Waals surface area contributed by atoms with Crippen molar-refractivity contribution in [3.05, 3.63) is 128 Å². The van der Waals surface area contributed by atoms with E-state index >= 15 is 0 Å². The van der Waals surface area contributed by atoms with Gasteiger partial charge in [-0.05, 0) is 143 Å². The predicted molar refractivity (Wildman–Crippen MR) is 198 cm³/mol. The Hall–Kier alpha value is -5.22. The highest BCUT2D eigenvalue weighted by atomic mass is 16.5. The summed E-state index contributed by atoms with van der Waals surface area (Å²) in [6, 6.07) is 16.3. The molecule has 236 valence electrons. The number of rotatable bonds is 12. The maximum atomic E-state index is 5.70. The number of ether oxygens (including phenoxy) is 4. The van der Waals surface area contributed by atoms with Gasteiger partial charge in [0.15, 0.2) is 0 Å². The summed E-state index contributed by atoms with van der Waals surface area (Å²) in [5.74, 6) is 3.18. The summed E-state index contributed by atoms with van der Waals surface area (Å²) >= 11 is 0. The lowest BCUT2D eigenvalue weighted by Gasteiger charge is -2.12. The van der Waals surface area contributed by atoms with Gasteiger partial charge < -0.3 is 18.9 Å². The lowest BCUT2D eigenvalue weighted by molar-refractivity contribution is 0.414. The standard InChI is InChI=1S/C42H44O4/c1-11-31-19-39(43-7)21-33(27(31)3)13-15-35-23-41(45-9)25-37(29(35)5)17-18-38-26-42(46-10)24-36(30(38)6)16-14-34-22-40(44-8)20-32(12-2)28(34)4/h11-26H,1-2H2,3-10H3/b15-13+,16-14+,18-17+. The van der Waals surface area contributed by atoms with E-state index in [2.05, 4.69) is 102 Å². The first-order valence-corrected chi connectivity index (χ1v) is 15.2. The van der Waals surface area contributed by atoms with E-state index in [1.165, 1.54) is 0 Å². The van der Waals surface area contributed by atoms with Crippen LogP contribution in [0.5, 0.6) is 23.0 Å². The molecule has 0 saturated carbocycles. The molecule has 4 heteroatoms. The summed E-state index contributed by atoms with van der Waals surface area (Å²) in [5, 5.41) is 0. The first kappa shape index (κ1) is 33.7. The molecular weight excluding hydrogens is 568 g/mol. The molecule has 4 nitrogen and oxygen atoms in total. The summed E-state index contributed by atoms with van der Waals surface area (Å²) < 4.78 is 22.4. The average molecular weight is 613 g/mol. The third-order valence-corrected chi connectivity index (χ3v) is 8.56. The van der Waals surface area contributed by atoms with Crippen molar-refractivity contribution in [3.63, 3.8) is 0 Å². The molecule has 0 aromatic heterocycles. The quantitative estimate of drug-likeness (QED) is 0.149. The van der Waals surface area contributed by atoms with Crippen LogP contribution >= 0.6 is 0 Å². The van der Waals surface area contributed by atoms with E-state index in [0.717, 1.165) is 89.8 Å². The summed E-state index contributed by atoms with van der Waals surface area (Å²) in [4.78, 5) is 0. The van der Waals surface area contributed by atoms with Crippen molar-refractivity contribution in [2.24, 2.45) is 0 Å². The van der Waals surface area contributed by atoms with Crippen molar-refractivity contribution in [3.8, 4) is 23.0 Å². The molecule has 0 radical (unpaired) electrons. The summed E-state index contributed by atoms with van der Waals surface area (Å²) in [7, 11) is 6.75. The fraction of sp³-hybridized carbons (Fsp3) is 0.190. The van der Waals surface area contributed by atoms with Gasteiger partial charge in [-0.2, -0.15) is 0 Å². The smallest absolute Gasteiger partial charge is 0.120 e. The van der Waals surface area contributed by atoms with E-state index in [9.17, 15) is 0 Å². The predicted octanol–water partition coefficient (Wildman–Crippen LogP) is 10.8. The molecule has 0 fully saturated rings. The molecule has 0 heterocycles. The maximum absolute atomic E-state index is 5.70. The molecule has 0 saturated heterocycles.